The molecular formula is C26H31N3O. The van der Waals surface area contributed by atoms with Gasteiger partial charge in [0.2, 0.25) is 0 Å². The largest absolute Gasteiger partial charge is 0.331 e. The van der Waals surface area contributed by atoms with E-state index >= 15 is 0 Å². The standard InChI is InChI=1S/C26H31N3O/c1-19(2)29(18-21-10-6-4-7-11-21)26(30)24-23-12-8-5-9-17-28(23)25(27-24)22-15-13-20(3)14-16-22/h4,6-7,10-11,13-16,19H,5,8-9,12,17-18H2,1-3H3. The van der Waals surface area contributed by atoms with Crippen molar-refractivity contribution in [3.8, 4) is 11.4 Å². The predicted octanol–water partition coefficient (Wildman–Crippen LogP) is 5.64. The van der Waals surface area contributed by atoms with Crippen molar-refractivity contribution in [1.82, 2.24) is 14.5 Å². The van der Waals surface area contributed by atoms with Crippen molar-refractivity contribution in [2.24, 2.45) is 0 Å². The minimum Gasteiger partial charge on any atom is -0.331 e. The third kappa shape index (κ3) is 4.18. The van der Waals surface area contributed by atoms with E-state index in [2.05, 4.69) is 61.7 Å². The molecule has 0 bridgehead atoms. The molecule has 3 aromatic rings. The molecule has 1 aliphatic heterocycles. The van der Waals surface area contributed by atoms with Crippen molar-refractivity contribution in [1.29, 1.82) is 0 Å². The first kappa shape index (κ1) is 20.4. The summed E-state index contributed by atoms with van der Waals surface area (Å²) in [5, 5.41) is 0. The normalized spacial score (nSPS) is 13.7. The summed E-state index contributed by atoms with van der Waals surface area (Å²) in [6, 6.07) is 18.8. The molecule has 0 N–H and O–H groups in total. The van der Waals surface area contributed by atoms with Crippen molar-refractivity contribution in [2.75, 3.05) is 0 Å². The van der Waals surface area contributed by atoms with Crippen LogP contribution in [0.25, 0.3) is 11.4 Å². The van der Waals surface area contributed by atoms with E-state index < -0.39 is 0 Å². The first-order valence-corrected chi connectivity index (χ1v) is 11.1. The van der Waals surface area contributed by atoms with Gasteiger partial charge in [0.1, 0.15) is 11.5 Å². The van der Waals surface area contributed by atoms with Crippen LogP contribution in [0.3, 0.4) is 0 Å². The number of amides is 1. The summed E-state index contributed by atoms with van der Waals surface area (Å²) in [4.78, 5) is 20.6. The van der Waals surface area contributed by atoms with E-state index in [1.807, 2.05) is 23.1 Å². The minimum atomic E-state index is 0.0397. The Labute approximate surface area is 179 Å². The van der Waals surface area contributed by atoms with Gasteiger partial charge in [0.05, 0.1) is 5.69 Å². The molecule has 0 saturated carbocycles. The Bertz CT molecular complexity index is 1000. The molecule has 0 atom stereocenters. The van der Waals surface area contributed by atoms with Gasteiger partial charge in [-0.25, -0.2) is 4.98 Å². The molecule has 0 aliphatic carbocycles. The van der Waals surface area contributed by atoms with Crippen LogP contribution < -0.4 is 0 Å². The number of aryl methyl sites for hydroxylation is 1. The Morgan fingerprint density at radius 2 is 1.77 bits per heavy atom. The Morgan fingerprint density at radius 1 is 1.03 bits per heavy atom. The number of nitrogens with zero attached hydrogens (tertiary/aromatic N) is 3. The molecule has 1 aromatic heterocycles. The van der Waals surface area contributed by atoms with Crippen LogP contribution in [0.15, 0.2) is 54.6 Å². The predicted molar refractivity (Wildman–Crippen MR) is 121 cm³/mol. The van der Waals surface area contributed by atoms with Crippen molar-refractivity contribution in [2.45, 2.75) is 65.6 Å². The maximum absolute atomic E-state index is 13.7. The maximum atomic E-state index is 13.7. The first-order valence-electron chi connectivity index (χ1n) is 11.1. The highest BCUT2D eigenvalue weighted by atomic mass is 16.2. The molecule has 1 aliphatic rings. The van der Waals surface area contributed by atoms with Gasteiger partial charge in [-0.2, -0.15) is 0 Å². The summed E-state index contributed by atoms with van der Waals surface area (Å²) in [6.07, 6.45) is 4.35. The molecule has 4 nitrogen and oxygen atoms in total. The number of imidazole rings is 1. The van der Waals surface area contributed by atoms with E-state index in [1.165, 1.54) is 12.0 Å². The number of benzene rings is 2. The quantitative estimate of drug-likeness (QED) is 0.555. The third-order valence-corrected chi connectivity index (χ3v) is 5.96. The molecule has 0 radical (unpaired) electrons. The fourth-order valence-corrected chi connectivity index (χ4v) is 4.22. The molecule has 0 spiro atoms. The Balaban J connectivity index is 1.75. The number of fused-ring (bicyclic) bond motifs is 1. The van der Waals surface area contributed by atoms with Gasteiger partial charge in [-0.15, -0.1) is 0 Å². The molecule has 1 amide bonds. The molecule has 0 fully saturated rings. The number of carbonyl (C=O) groups is 1. The zero-order valence-corrected chi connectivity index (χ0v) is 18.3. The number of hydrogen-bond acceptors (Lipinski definition) is 2. The van der Waals surface area contributed by atoms with Crippen molar-refractivity contribution >= 4 is 5.91 Å². The first-order chi connectivity index (χ1) is 14.5. The van der Waals surface area contributed by atoms with Gasteiger partial charge in [0.25, 0.3) is 5.91 Å². The summed E-state index contributed by atoms with van der Waals surface area (Å²) in [7, 11) is 0. The highest BCUT2D eigenvalue weighted by Crippen LogP contribution is 2.29. The van der Waals surface area contributed by atoms with E-state index in [0.29, 0.717) is 12.2 Å². The van der Waals surface area contributed by atoms with Crippen LogP contribution in [0, 0.1) is 6.92 Å². The van der Waals surface area contributed by atoms with Gasteiger partial charge in [-0.05, 0) is 45.6 Å². The van der Waals surface area contributed by atoms with Crippen LogP contribution in [0.4, 0.5) is 0 Å². The molecule has 0 unspecified atom stereocenters. The second-order valence-corrected chi connectivity index (χ2v) is 8.57. The number of hydrogen-bond donors (Lipinski definition) is 0. The van der Waals surface area contributed by atoms with Gasteiger partial charge >= 0.3 is 0 Å². The van der Waals surface area contributed by atoms with Crippen molar-refractivity contribution < 1.29 is 4.79 Å². The van der Waals surface area contributed by atoms with Crippen molar-refractivity contribution in [3.05, 3.63) is 77.1 Å². The van der Waals surface area contributed by atoms with E-state index in [9.17, 15) is 4.79 Å². The lowest BCUT2D eigenvalue weighted by Gasteiger charge is -2.26. The van der Waals surface area contributed by atoms with E-state index in [0.717, 1.165) is 48.5 Å². The summed E-state index contributed by atoms with van der Waals surface area (Å²) >= 11 is 0. The fraction of sp³-hybridized carbons (Fsp3) is 0.385. The third-order valence-electron chi connectivity index (χ3n) is 5.96. The topological polar surface area (TPSA) is 38.1 Å². The summed E-state index contributed by atoms with van der Waals surface area (Å²) in [5.41, 5.74) is 5.20. The van der Waals surface area contributed by atoms with Crippen molar-refractivity contribution in [3.63, 3.8) is 0 Å². The Kier molecular flexibility index (Phi) is 6.03. The smallest absolute Gasteiger partial charge is 0.274 e. The SMILES string of the molecule is Cc1ccc(-c2nc(C(=O)N(Cc3ccccc3)C(C)C)c3n2CCCCC3)cc1. The van der Waals surface area contributed by atoms with Crippen LogP contribution in [-0.4, -0.2) is 26.4 Å². The monoisotopic (exact) mass is 401 g/mol. The van der Waals surface area contributed by atoms with Crippen LogP contribution in [0.1, 0.15) is 60.4 Å². The van der Waals surface area contributed by atoms with Crippen LogP contribution in [0.2, 0.25) is 0 Å². The number of rotatable bonds is 5. The molecule has 2 heterocycles. The van der Waals surface area contributed by atoms with Gasteiger partial charge in [-0.3, -0.25) is 4.79 Å². The number of carbonyl (C=O) groups excluding carboxylic acids is 1. The second-order valence-electron chi connectivity index (χ2n) is 8.57. The van der Waals surface area contributed by atoms with E-state index in [-0.39, 0.29) is 11.9 Å². The summed E-state index contributed by atoms with van der Waals surface area (Å²) in [6.45, 7) is 7.78. The maximum Gasteiger partial charge on any atom is 0.274 e. The lowest BCUT2D eigenvalue weighted by Crippen LogP contribution is -2.37. The molecule has 30 heavy (non-hydrogen) atoms. The molecular weight excluding hydrogens is 370 g/mol. The van der Waals surface area contributed by atoms with E-state index in [1.54, 1.807) is 0 Å². The molecule has 2 aromatic carbocycles. The van der Waals surface area contributed by atoms with E-state index in [4.69, 9.17) is 4.98 Å². The minimum absolute atomic E-state index is 0.0397. The van der Waals surface area contributed by atoms with Gasteiger partial charge in [0.15, 0.2) is 0 Å². The number of aromatic nitrogens is 2. The lowest BCUT2D eigenvalue weighted by molar-refractivity contribution is 0.0683. The van der Waals surface area contributed by atoms with Gasteiger partial charge in [-0.1, -0.05) is 66.6 Å². The van der Waals surface area contributed by atoms with Crippen LogP contribution in [0.5, 0.6) is 0 Å². The Morgan fingerprint density at radius 3 is 2.47 bits per heavy atom. The lowest BCUT2D eigenvalue weighted by atomic mass is 10.1. The highest BCUT2D eigenvalue weighted by Gasteiger charge is 2.28. The zero-order valence-electron chi connectivity index (χ0n) is 18.3. The van der Waals surface area contributed by atoms with Gasteiger partial charge < -0.3 is 9.47 Å². The molecule has 0 saturated heterocycles. The van der Waals surface area contributed by atoms with Crippen LogP contribution >= 0.6 is 0 Å². The molecule has 4 rings (SSSR count). The average molecular weight is 402 g/mol. The summed E-state index contributed by atoms with van der Waals surface area (Å²) in [5.74, 6) is 0.969. The van der Waals surface area contributed by atoms with Crippen LogP contribution in [-0.2, 0) is 19.5 Å². The average Bonchev–Trinajstić information content (AvgIpc) is 2.93. The summed E-state index contributed by atoms with van der Waals surface area (Å²) < 4.78 is 2.30. The second kappa shape index (κ2) is 8.86. The highest BCUT2D eigenvalue weighted by molar-refractivity contribution is 5.94. The van der Waals surface area contributed by atoms with Gasteiger partial charge in [0, 0.05) is 24.7 Å². The fourth-order valence-electron chi connectivity index (χ4n) is 4.22. The molecule has 4 heteroatoms. The Hall–Kier alpha value is -2.88. The molecule has 156 valence electrons. The zero-order chi connectivity index (χ0) is 21.1.